The number of halogens is 1. The molecule has 3 heteroatoms. The molecule has 0 radical (unpaired) electrons. The van der Waals surface area contributed by atoms with E-state index in [1.807, 2.05) is 0 Å². The van der Waals surface area contributed by atoms with Gasteiger partial charge in [0.1, 0.15) is 5.82 Å². The van der Waals surface area contributed by atoms with Gasteiger partial charge in [-0.15, -0.1) is 0 Å². The van der Waals surface area contributed by atoms with E-state index in [2.05, 4.69) is 41.3 Å². The van der Waals surface area contributed by atoms with Crippen molar-refractivity contribution in [2.24, 2.45) is 5.41 Å². The highest BCUT2D eigenvalue weighted by Gasteiger charge is 2.23. The predicted molar refractivity (Wildman–Crippen MR) is 71.2 cm³/mol. The number of nitrogens with zero attached hydrogens (tertiary/aromatic N) is 2. The van der Waals surface area contributed by atoms with Crippen LogP contribution < -0.4 is 0 Å². The Morgan fingerprint density at radius 3 is 2.69 bits per heavy atom. The lowest BCUT2D eigenvalue weighted by molar-refractivity contribution is 0.343. The van der Waals surface area contributed by atoms with Crippen LogP contribution in [0.3, 0.4) is 0 Å². The third kappa shape index (κ3) is 2.34. The van der Waals surface area contributed by atoms with Crippen LogP contribution >= 0.6 is 15.9 Å². The van der Waals surface area contributed by atoms with Gasteiger partial charge in [-0.1, -0.05) is 29.8 Å². The van der Waals surface area contributed by atoms with Gasteiger partial charge in [0.05, 0.1) is 5.69 Å². The Hall–Kier alpha value is -0.310. The lowest BCUT2D eigenvalue weighted by Crippen LogP contribution is -2.23. The van der Waals surface area contributed by atoms with Crippen LogP contribution in [0.1, 0.15) is 43.9 Å². The Morgan fingerprint density at radius 1 is 1.31 bits per heavy atom. The molecule has 0 saturated heterocycles. The largest absolute Gasteiger partial charge is 0.331 e. The number of rotatable bonds is 3. The van der Waals surface area contributed by atoms with E-state index >= 15 is 0 Å². The molecule has 0 N–H and O–H groups in total. The van der Waals surface area contributed by atoms with E-state index in [1.54, 1.807) is 0 Å². The number of hydrogen-bond donors (Lipinski definition) is 0. The maximum Gasteiger partial charge on any atom is 0.106 e. The van der Waals surface area contributed by atoms with Crippen LogP contribution in [0.15, 0.2) is 0 Å². The second-order valence-electron chi connectivity index (χ2n) is 5.64. The minimum Gasteiger partial charge on any atom is -0.331 e. The van der Waals surface area contributed by atoms with E-state index < -0.39 is 0 Å². The normalized spacial score (nSPS) is 16.2. The van der Waals surface area contributed by atoms with Gasteiger partial charge in [0.15, 0.2) is 0 Å². The van der Waals surface area contributed by atoms with Crippen LogP contribution in [0.4, 0.5) is 0 Å². The molecule has 1 aromatic rings. The van der Waals surface area contributed by atoms with Gasteiger partial charge in [-0.2, -0.15) is 0 Å². The first-order valence-electron chi connectivity index (χ1n) is 6.14. The molecule has 0 bridgehead atoms. The van der Waals surface area contributed by atoms with E-state index in [4.69, 9.17) is 4.98 Å². The van der Waals surface area contributed by atoms with Crippen LogP contribution in [-0.4, -0.2) is 14.9 Å². The molecule has 1 aromatic heterocycles. The minimum absolute atomic E-state index is 0.302. The van der Waals surface area contributed by atoms with Crippen LogP contribution in [0.25, 0.3) is 0 Å². The summed E-state index contributed by atoms with van der Waals surface area (Å²) in [5.41, 5.74) is 3.16. The molecule has 0 fully saturated rings. The number of alkyl halides is 1. The summed E-state index contributed by atoms with van der Waals surface area (Å²) in [5.74, 6) is 1.20. The molecule has 1 aliphatic rings. The van der Waals surface area contributed by atoms with Gasteiger partial charge < -0.3 is 4.57 Å². The molecule has 2 rings (SSSR count). The smallest absolute Gasteiger partial charge is 0.106 e. The summed E-state index contributed by atoms with van der Waals surface area (Å²) in [6.07, 6.45) is 5.03. The predicted octanol–water partition coefficient (Wildman–Crippen LogP) is 3.49. The maximum absolute atomic E-state index is 4.72. The fourth-order valence-corrected chi connectivity index (χ4v) is 2.59. The summed E-state index contributed by atoms with van der Waals surface area (Å²) >= 11 is 3.60. The number of fused-ring (bicyclic) bond motifs is 1. The van der Waals surface area contributed by atoms with E-state index in [-0.39, 0.29) is 0 Å². The van der Waals surface area contributed by atoms with Crippen molar-refractivity contribution < 1.29 is 0 Å². The van der Waals surface area contributed by atoms with Gasteiger partial charge in [-0.25, -0.2) is 4.98 Å². The molecule has 1 aliphatic carbocycles. The molecule has 90 valence electrons. The first-order chi connectivity index (χ1) is 7.53. The van der Waals surface area contributed by atoms with Gasteiger partial charge in [0.25, 0.3) is 0 Å². The second-order valence-corrected chi connectivity index (χ2v) is 6.20. The topological polar surface area (TPSA) is 17.8 Å². The molecule has 0 aromatic carbocycles. The van der Waals surface area contributed by atoms with Crippen LogP contribution in [0, 0.1) is 12.3 Å². The summed E-state index contributed by atoms with van der Waals surface area (Å²) in [5, 5.41) is 1.03. The Kier molecular flexibility index (Phi) is 3.43. The fraction of sp³-hybridized carbons (Fsp3) is 0.769. The second kappa shape index (κ2) is 4.52. The molecular weight excluding hydrogens is 264 g/mol. The first kappa shape index (κ1) is 12.2. The van der Waals surface area contributed by atoms with Crippen molar-refractivity contribution in [3.05, 3.63) is 17.2 Å². The van der Waals surface area contributed by atoms with Crippen LogP contribution in [0.2, 0.25) is 0 Å². The molecule has 0 atom stereocenters. The monoisotopic (exact) mass is 284 g/mol. The molecule has 1 heterocycles. The molecule has 0 aliphatic heterocycles. The summed E-state index contributed by atoms with van der Waals surface area (Å²) in [6.45, 7) is 7.82. The maximum atomic E-state index is 4.72. The molecule has 0 saturated carbocycles. The number of imidazole rings is 1. The zero-order valence-corrected chi connectivity index (χ0v) is 12.1. The van der Waals surface area contributed by atoms with Gasteiger partial charge in [0.2, 0.25) is 0 Å². The van der Waals surface area contributed by atoms with Crippen molar-refractivity contribution in [1.29, 1.82) is 0 Å². The highest BCUT2D eigenvalue weighted by Crippen LogP contribution is 2.27. The standard InChI is InChI=1S/C13H21BrN2/c1-10-15-11-6-4-5-7-12(11)16(10)9-13(2,3)8-14/h4-9H2,1-3H3. The van der Waals surface area contributed by atoms with E-state index in [1.165, 1.54) is 42.9 Å². The van der Waals surface area contributed by atoms with Crippen LogP contribution in [0.5, 0.6) is 0 Å². The Labute approximate surface area is 107 Å². The highest BCUT2D eigenvalue weighted by molar-refractivity contribution is 9.09. The average Bonchev–Trinajstić information content (AvgIpc) is 2.56. The molecule has 2 nitrogen and oxygen atoms in total. The van der Waals surface area contributed by atoms with Crippen molar-refractivity contribution in [3.8, 4) is 0 Å². The van der Waals surface area contributed by atoms with Gasteiger partial charge in [0, 0.05) is 17.6 Å². The lowest BCUT2D eigenvalue weighted by Gasteiger charge is -2.25. The zero-order valence-electron chi connectivity index (χ0n) is 10.5. The Morgan fingerprint density at radius 2 is 2.00 bits per heavy atom. The zero-order chi connectivity index (χ0) is 11.8. The van der Waals surface area contributed by atoms with Crippen molar-refractivity contribution in [1.82, 2.24) is 9.55 Å². The molecular formula is C13H21BrN2. The SMILES string of the molecule is Cc1nc2c(n1CC(C)(C)CBr)CCCC2. The molecule has 0 spiro atoms. The minimum atomic E-state index is 0.302. The third-order valence-corrected chi connectivity index (χ3v) is 4.89. The summed E-state index contributed by atoms with van der Waals surface area (Å²) in [6, 6.07) is 0. The van der Waals surface area contributed by atoms with Crippen molar-refractivity contribution in [2.45, 2.75) is 53.0 Å². The Balaban J connectivity index is 2.30. The molecule has 16 heavy (non-hydrogen) atoms. The summed E-state index contributed by atoms with van der Waals surface area (Å²) in [7, 11) is 0. The van der Waals surface area contributed by atoms with Gasteiger partial charge >= 0.3 is 0 Å². The number of aromatic nitrogens is 2. The van der Waals surface area contributed by atoms with E-state index in [0.29, 0.717) is 5.41 Å². The van der Waals surface area contributed by atoms with Crippen LogP contribution in [-0.2, 0) is 19.4 Å². The third-order valence-electron chi connectivity index (χ3n) is 3.37. The summed E-state index contributed by atoms with van der Waals surface area (Å²) in [4.78, 5) is 4.72. The highest BCUT2D eigenvalue weighted by atomic mass is 79.9. The van der Waals surface area contributed by atoms with Gasteiger partial charge in [-0.05, 0) is 38.0 Å². The Bertz CT molecular complexity index is 380. The number of hydrogen-bond acceptors (Lipinski definition) is 1. The van der Waals surface area contributed by atoms with Gasteiger partial charge in [-0.3, -0.25) is 0 Å². The van der Waals surface area contributed by atoms with E-state index in [0.717, 1.165) is 11.9 Å². The lowest BCUT2D eigenvalue weighted by atomic mass is 9.95. The fourth-order valence-electron chi connectivity index (χ4n) is 2.42. The number of aryl methyl sites for hydroxylation is 2. The quantitative estimate of drug-likeness (QED) is 0.777. The summed E-state index contributed by atoms with van der Waals surface area (Å²) < 4.78 is 2.44. The van der Waals surface area contributed by atoms with Crippen molar-refractivity contribution in [3.63, 3.8) is 0 Å². The van der Waals surface area contributed by atoms with Crippen molar-refractivity contribution >= 4 is 15.9 Å². The van der Waals surface area contributed by atoms with E-state index in [9.17, 15) is 0 Å². The molecule has 0 unspecified atom stereocenters. The van der Waals surface area contributed by atoms with Crippen molar-refractivity contribution in [2.75, 3.05) is 5.33 Å². The average molecular weight is 285 g/mol. The molecule has 0 amide bonds. The first-order valence-corrected chi connectivity index (χ1v) is 7.26.